The van der Waals surface area contributed by atoms with Crippen LogP contribution in [-0.4, -0.2) is 24.7 Å². The normalized spacial score (nSPS) is 10.9. The molecule has 4 rings (SSSR count). The number of fused-ring (bicyclic) bond motifs is 1. The highest BCUT2D eigenvalue weighted by molar-refractivity contribution is 6.33. The van der Waals surface area contributed by atoms with Crippen LogP contribution in [0.3, 0.4) is 0 Å². The van der Waals surface area contributed by atoms with Gasteiger partial charge in [-0.1, -0.05) is 66.2 Å². The molecule has 0 atom stereocenters. The molecule has 7 heteroatoms. The van der Waals surface area contributed by atoms with E-state index in [-0.39, 0.29) is 23.6 Å². The zero-order valence-corrected chi connectivity index (χ0v) is 19.8. The van der Waals surface area contributed by atoms with Gasteiger partial charge in [0, 0.05) is 0 Å². The molecule has 1 N–H and O–H groups in total. The summed E-state index contributed by atoms with van der Waals surface area (Å²) >= 11 is 6.09. The van der Waals surface area contributed by atoms with Crippen LogP contribution in [0.25, 0.3) is 10.8 Å². The van der Waals surface area contributed by atoms with Crippen LogP contribution in [0.5, 0.6) is 11.5 Å². The van der Waals surface area contributed by atoms with Crippen molar-refractivity contribution < 1.29 is 19.1 Å². The number of ether oxygens (including phenoxy) is 2. The van der Waals surface area contributed by atoms with E-state index in [1.165, 1.54) is 6.21 Å². The van der Waals surface area contributed by atoms with E-state index < -0.39 is 5.97 Å². The second-order valence-electron chi connectivity index (χ2n) is 7.62. The van der Waals surface area contributed by atoms with Crippen molar-refractivity contribution in [3.8, 4) is 11.5 Å². The van der Waals surface area contributed by atoms with E-state index >= 15 is 0 Å². The molecule has 4 aromatic rings. The van der Waals surface area contributed by atoms with Crippen LogP contribution in [0.15, 0.2) is 90.0 Å². The fraction of sp³-hybridized carbons (Fsp3) is 0.107. The Morgan fingerprint density at radius 3 is 2.54 bits per heavy atom. The molecular weight excluding hydrogens is 464 g/mol. The molecule has 0 fully saturated rings. The number of halogens is 1. The first-order chi connectivity index (χ1) is 17.0. The maximum atomic E-state index is 12.5. The number of esters is 1. The fourth-order valence-corrected chi connectivity index (χ4v) is 3.79. The topological polar surface area (TPSA) is 77.0 Å². The Kier molecular flexibility index (Phi) is 7.75. The third-order valence-electron chi connectivity index (χ3n) is 5.20. The monoisotopic (exact) mass is 486 g/mol. The maximum absolute atomic E-state index is 12.5. The highest BCUT2D eigenvalue weighted by Crippen LogP contribution is 2.29. The second-order valence-corrected chi connectivity index (χ2v) is 8.02. The average molecular weight is 487 g/mol. The van der Waals surface area contributed by atoms with E-state index in [9.17, 15) is 9.59 Å². The number of nitrogens with zero attached hydrogens (tertiary/aromatic N) is 1. The summed E-state index contributed by atoms with van der Waals surface area (Å²) in [6.45, 7) is 2.20. The van der Waals surface area contributed by atoms with Crippen LogP contribution in [0.2, 0.25) is 5.02 Å². The standard InChI is InChI=1S/C28H23ClN2O4/c1-2-34-26-16-19(14-15-25(26)35-28(33)23-12-5-6-13-24(23)29)18-30-31-27(32)17-21-10-7-9-20-8-3-4-11-22(20)21/h3-16,18H,2,17H2,1H3,(H,31,32)/b30-18-. The molecule has 0 saturated carbocycles. The van der Waals surface area contributed by atoms with Crippen molar-refractivity contribution in [2.75, 3.05) is 6.61 Å². The summed E-state index contributed by atoms with van der Waals surface area (Å²) in [6, 6.07) is 25.5. The van der Waals surface area contributed by atoms with Crippen LogP contribution in [0.4, 0.5) is 0 Å². The molecule has 0 aliphatic rings. The van der Waals surface area contributed by atoms with Crippen LogP contribution in [-0.2, 0) is 11.2 Å². The Hall–Kier alpha value is -4.16. The lowest BCUT2D eigenvalue weighted by atomic mass is 10.0. The van der Waals surface area contributed by atoms with E-state index in [1.807, 2.05) is 49.4 Å². The van der Waals surface area contributed by atoms with Crippen molar-refractivity contribution in [2.45, 2.75) is 13.3 Å². The van der Waals surface area contributed by atoms with E-state index in [0.717, 1.165) is 16.3 Å². The number of rotatable bonds is 8. The number of nitrogens with one attached hydrogen (secondary N) is 1. The predicted octanol–water partition coefficient (Wildman–Crippen LogP) is 5.80. The Morgan fingerprint density at radius 2 is 1.71 bits per heavy atom. The van der Waals surface area contributed by atoms with Gasteiger partial charge < -0.3 is 9.47 Å². The van der Waals surface area contributed by atoms with Crippen molar-refractivity contribution >= 4 is 40.5 Å². The van der Waals surface area contributed by atoms with Crippen LogP contribution < -0.4 is 14.9 Å². The van der Waals surface area contributed by atoms with Gasteiger partial charge in [0.25, 0.3) is 0 Å². The summed E-state index contributed by atoms with van der Waals surface area (Å²) in [4.78, 5) is 25.0. The van der Waals surface area contributed by atoms with Crippen molar-refractivity contribution in [1.82, 2.24) is 5.43 Å². The van der Waals surface area contributed by atoms with Gasteiger partial charge in [-0.15, -0.1) is 0 Å². The quantitative estimate of drug-likeness (QED) is 0.148. The number of hydrogen-bond acceptors (Lipinski definition) is 5. The SMILES string of the molecule is CCOc1cc(/C=N\NC(=O)Cc2cccc3ccccc23)ccc1OC(=O)c1ccccc1Cl. The molecule has 0 unspecified atom stereocenters. The lowest BCUT2D eigenvalue weighted by molar-refractivity contribution is -0.120. The fourth-order valence-electron chi connectivity index (χ4n) is 3.58. The van der Waals surface area contributed by atoms with Gasteiger partial charge in [0.1, 0.15) is 0 Å². The van der Waals surface area contributed by atoms with Gasteiger partial charge in [0.05, 0.1) is 29.8 Å². The Balaban J connectivity index is 1.42. The summed E-state index contributed by atoms with van der Waals surface area (Å²) < 4.78 is 11.1. The van der Waals surface area contributed by atoms with Gasteiger partial charge in [-0.25, -0.2) is 10.2 Å². The smallest absolute Gasteiger partial charge is 0.345 e. The largest absolute Gasteiger partial charge is 0.490 e. The Bertz CT molecular complexity index is 1400. The minimum absolute atomic E-state index is 0.208. The van der Waals surface area contributed by atoms with Gasteiger partial charge in [-0.2, -0.15) is 5.10 Å². The molecule has 0 aromatic heterocycles. The van der Waals surface area contributed by atoms with Crippen molar-refractivity contribution in [1.29, 1.82) is 0 Å². The number of hydrogen-bond donors (Lipinski definition) is 1. The summed E-state index contributed by atoms with van der Waals surface area (Å²) in [7, 11) is 0. The molecule has 0 heterocycles. The Labute approximate surface area is 208 Å². The van der Waals surface area contributed by atoms with Crippen molar-refractivity contribution in [3.05, 3.63) is 107 Å². The summed E-state index contributed by atoms with van der Waals surface area (Å²) in [5.74, 6) is -0.181. The molecule has 0 radical (unpaired) electrons. The van der Waals surface area contributed by atoms with Gasteiger partial charge in [-0.3, -0.25) is 4.79 Å². The second kappa shape index (κ2) is 11.3. The van der Waals surface area contributed by atoms with Crippen molar-refractivity contribution in [3.63, 3.8) is 0 Å². The van der Waals surface area contributed by atoms with Gasteiger partial charge in [-0.05, 0) is 59.2 Å². The van der Waals surface area contributed by atoms with Crippen LogP contribution in [0.1, 0.15) is 28.4 Å². The van der Waals surface area contributed by atoms with Crippen LogP contribution in [0, 0.1) is 0 Å². The third kappa shape index (κ3) is 6.05. The maximum Gasteiger partial charge on any atom is 0.345 e. The van der Waals surface area contributed by atoms with Crippen molar-refractivity contribution in [2.24, 2.45) is 5.10 Å². The molecule has 1 amide bonds. The van der Waals surface area contributed by atoms with E-state index in [1.54, 1.807) is 42.5 Å². The predicted molar refractivity (Wildman–Crippen MR) is 137 cm³/mol. The molecule has 0 saturated heterocycles. The molecule has 176 valence electrons. The molecular formula is C28H23ClN2O4. The highest BCUT2D eigenvalue weighted by atomic mass is 35.5. The zero-order chi connectivity index (χ0) is 24.6. The summed E-state index contributed by atoms with van der Waals surface area (Å²) in [5, 5.41) is 6.49. The average Bonchev–Trinajstić information content (AvgIpc) is 2.86. The molecule has 0 spiro atoms. The molecule has 35 heavy (non-hydrogen) atoms. The first-order valence-electron chi connectivity index (χ1n) is 11.1. The number of carbonyl (C=O) groups is 2. The van der Waals surface area contributed by atoms with E-state index in [2.05, 4.69) is 10.5 Å². The lowest BCUT2D eigenvalue weighted by Crippen LogP contribution is -2.19. The van der Waals surface area contributed by atoms with Gasteiger partial charge in [0.15, 0.2) is 11.5 Å². The van der Waals surface area contributed by atoms with Gasteiger partial charge >= 0.3 is 5.97 Å². The zero-order valence-electron chi connectivity index (χ0n) is 19.0. The molecule has 0 bridgehead atoms. The molecule has 0 aliphatic heterocycles. The first kappa shape index (κ1) is 24.0. The molecule has 0 aliphatic carbocycles. The highest BCUT2D eigenvalue weighted by Gasteiger charge is 2.15. The number of hydrazone groups is 1. The van der Waals surface area contributed by atoms with E-state index in [0.29, 0.717) is 22.9 Å². The number of benzene rings is 4. The lowest BCUT2D eigenvalue weighted by Gasteiger charge is -2.12. The number of amides is 1. The summed E-state index contributed by atoms with van der Waals surface area (Å²) in [6.07, 6.45) is 1.71. The third-order valence-corrected chi connectivity index (χ3v) is 5.53. The van der Waals surface area contributed by atoms with E-state index in [4.69, 9.17) is 21.1 Å². The minimum atomic E-state index is -0.585. The Morgan fingerprint density at radius 1 is 0.943 bits per heavy atom. The molecule has 6 nitrogen and oxygen atoms in total. The minimum Gasteiger partial charge on any atom is -0.490 e. The summed E-state index contributed by atoms with van der Waals surface area (Å²) in [5.41, 5.74) is 4.41. The van der Waals surface area contributed by atoms with Gasteiger partial charge in [0.2, 0.25) is 5.91 Å². The first-order valence-corrected chi connectivity index (χ1v) is 11.4. The number of carbonyl (C=O) groups excluding carboxylic acids is 2. The molecule has 4 aromatic carbocycles. The van der Waals surface area contributed by atoms with Crippen LogP contribution >= 0.6 is 11.6 Å².